The van der Waals surface area contributed by atoms with Crippen molar-refractivity contribution in [2.45, 2.75) is 39.0 Å². The van der Waals surface area contributed by atoms with Gasteiger partial charge in [0.1, 0.15) is 11.1 Å². The highest BCUT2D eigenvalue weighted by atomic mass is 16.4. The number of rotatable bonds is 5. The molecule has 0 unspecified atom stereocenters. The molecule has 5 nitrogen and oxygen atoms in total. The molecule has 0 aliphatic heterocycles. The van der Waals surface area contributed by atoms with Crippen LogP contribution in [0.1, 0.15) is 39.0 Å². The molecule has 0 bridgehead atoms. The molecule has 5 heteroatoms. The molecule has 0 aromatic carbocycles. The average molecular weight is 174 g/mol. The molecule has 0 saturated heterocycles. The summed E-state index contributed by atoms with van der Waals surface area (Å²) in [5.41, 5.74) is 11.0. The lowest BCUT2D eigenvalue weighted by molar-refractivity contribution is -0.137. The Labute approximate surface area is 71.8 Å². The summed E-state index contributed by atoms with van der Waals surface area (Å²) in [4.78, 5) is 12.0. The molecule has 70 valence electrons. The third-order valence-corrected chi connectivity index (χ3v) is 1.24. The minimum atomic E-state index is -0.675. The number of carboxylic acid groups (broad SMARTS) is 1. The minimum Gasteiger partial charge on any atom is -0.481 e. The fraction of sp³-hybridized carbons (Fsp3) is 0.857. The predicted octanol–water partition coefficient (Wildman–Crippen LogP) is 2.16. The lowest BCUT2D eigenvalue weighted by Gasteiger charge is -1.92. The zero-order valence-electron chi connectivity index (χ0n) is 7.34. The number of carboxylic acids is 1. The smallest absolute Gasteiger partial charge is 0.303 e. The standard InChI is InChI=1S/C7H14O2.H2N3/c1-2-3-4-5-6-7(8)9;1-3-2/h2-6H2,1H3,(H,8,9);1-2H/q;+1. The Hall–Kier alpha value is -1.22. The number of hydrogen-bond acceptors (Lipinski definition) is 3. The third-order valence-electron chi connectivity index (χ3n) is 1.24. The van der Waals surface area contributed by atoms with Crippen molar-refractivity contribution in [2.24, 2.45) is 0 Å². The predicted molar refractivity (Wildman–Crippen MR) is 44.0 cm³/mol. The van der Waals surface area contributed by atoms with E-state index in [0.717, 1.165) is 19.3 Å². The van der Waals surface area contributed by atoms with Crippen molar-refractivity contribution in [1.29, 1.82) is 11.1 Å². The molecule has 0 aromatic rings. The largest absolute Gasteiger partial charge is 0.481 e. The second kappa shape index (κ2) is 12.5. The Kier molecular flexibility index (Phi) is 13.9. The number of nitrogens with zero attached hydrogens (tertiary/aromatic N) is 1. The molecule has 0 amide bonds. The second-order valence-corrected chi connectivity index (χ2v) is 2.32. The van der Waals surface area contributed by atoms with Crippen LogP contribution in [0, 0.1) is 11.1 Å². The van der Waals surface area contributed by atoms with Gasteiger partial charge in [-0.15, -0.1) is 0 Å². The Morgan fingerprint density at radius 2 is 1.83 bits per heavy atom. The van der Waals surface area contributed by atoms with Gasteiger partial charge in [0.15, 0.2) is 0 Å². The Bertz CT molecular complexity index is 142. The van der Waals surface area contributed by atoms with Crippen LogP contribution < -0.4 is 4.91 Å². The number of aliphatic carboxylic acids is 1. The first kappa shape index (κ1) is 13.4. The van der Waals surface area contributed by atoms with Crippen molar-refractivity contribution < 1.29 is 9.90 Å². The molecule has 0 heterocycles. The van der Waals surface area contributed by atoms with Crippen molar-refractivity contribution >= 4 is 5.97 Å². The molecule has 3 N–H and O–H groups in total. The zero-order valence-corrected chi connectivity index (χ0v) is 7.34. The van der Waals surface area contributed by atoms with Gasteiger partial charge >= 0.3 is 5.97 Å². The van der Waals surface area contributed by atoms with Crippen molar-refractivity contribution in [2.75, 3.05) is 0 Å². The normalized spacial score (nSPS) is 7.75. The third kappa shape index (κ3) is 23.3. The molecule has 12 heavy (non-hydrogen) atoms. The van der Waals surface area contributed by atoms with Crippen molar-refractivity contribution in [1.82, 2.24) is 4.91 Å². The van der Waals surface area contributed by atoms with Gasteiger partial charge in [0.25, 0.3) is 0 Å². The van der Waals surface area contributed by atoms with Gasteiger partial charge in [0.2, 0.25) is 4.91 Å². The highest BCUT2D eigenvalue weighted by Gasteiger charge is 1.93. The molecular formula is C7H16N3O2+. The maximum absolute atomic E-state index is 9.96. The molecule has 0 aliphatic rings. The summed E-state index contributed by atoms with van der Waals surface area (Å²) in [7, 11) is 0. The summed E-state index contributed by atoms with van der Waals surface area (Å²) in [5.74, 6) is -0.675. The fourth-order valence-corrected chi connectivity index (χ4v) is 0.703. The van der Waals surface area contributed by atoms with Crippen molar-refractivity contribution in [3.8, 4) is 0 Å². The molecular weight excluding hydrogens is 158 g/mol. The van der Waals surface area contributed by atoms with Crippen LogP contribution in [0.25, 0.3) is 0 Å². The fourth-order valence-electron chi connectivity index (χ4n) is 0.703. The summed E-state index contributed by atoms with van der Waals surface area (Å²) < 4.78 is 0. The minimum absolute atomic E-state index is 0.333. The summed E-state index contributed by atoms with van der Waals surface area (Å²) in [5, 5.41) is 8.21. The number of unbranched alkanes of at least 4 members (excludes halogenated alkanes) is 3. The van der Waals surface area contributed by atoms with Crippen LogP contribution in [0.3, 0.4) is 0 Å². The maximum Gasteiger partial charge on any atom is 0.303 e. The molecule has 0 radical (unpaired) electrons. The van der Waals surface area contributed by atoms with E-state index in [1.807, 2.05) is 4.91 Å². The van der Waals surface area contributed by atoms with Gasteiger partial charge in [-0.25, -0.2) is 0 Å². The van der Waals surface area contributed by atoms with E-state index in [1.165, 1.54) is 6.42 Å². The number of carbonyl (C=O) groups is 1. The quantitative estimate of drug-likeness (QED) is 0.338. The number of nitrogens with one attached hydrogen (secondary N) is 2. The van der Waals surface area contributed by atoms with Gasteiger partial charge in [-0.05, 0) is 6.42 Å². The van der Waals surface area contributed by atoms with Crippen molar-refractivity contribution in [3.05, 3.63) is 0 Å². The zero-order chi connectivity index (χ0) is 9.82. The molecule has 0 spiro atoms. The molecule has 0 atom stereocenters. The van der Waals surface area contributed by atoms with Crippen LogP contribution in [-0.2, 0) is 4.79 Å². The molecule has 0 rings (SSSR count). The van der Waals surface area contributed by atoms with Gasteiger partial charge in [0.05, 0.1) is 0 Å². The van der Waals surface area contributed by atoms with Crippen LogP contribution >= 0.6 is 0 Å². The number of hydrogen-bond donors (Lipinski definition) is 3. The van der Waals surface area contributed by atoms with Gasteiger partial charge < -0.3 is 5.11 Å². The summed E-state index contributed by atoms with van der Waals surface area (Å²) >= 11 is 0. The van der Waals surface area contributed by atoms with Crippen LogP contribution in [0.4, 0.5) is 0 Å². The molecule has 0 aromatic heterocycles. The van der Waals surface area contributed by atoms with Crippen LogP contribution in [0.15, 0.2) is 0 Å². The van der Waals surface area contributed by atoms with Crippen LogP contribution in [-0.4, -0.2) is 11.1 Å². The topological polar surface area (TPSA) is 99.1 Å². The molecule has 0 saturated carbocycles. The van der Waals surface area contributed by atoms with Crippen LogP contribution in [0.5, 0.6) is 0 Å². The first-order valence-corrected chi connectivity index (χ1v) is 3.94. The lowest BCUT2D eigenvalue weighted by atomic mass is 10.2. The Balaban J connectivity index is 0. The van der Waals surface area contributed by atoms with Crippen LogP contribution in [0.2, 0.25) is 0 Å². The van der Waals surface area contributed by atoms with E-state index < -0.39 is 5.97 Å². The average Bonchev–Trinajstić information content (AvgIpc) is 1.99. The van der Waals surface area contributed by atoms with E-state index >= 15 is 0 Å². The van der Waals surface area contributed by atoms with Gasteiger partial charge in [-0.2, -0.15) is 0 Å². The van der Waals surface area contributed by atoms with Crippen molar-refractivity contribution in [3.63, 3.8) is 0 Å². The summed E-state index contributed by atoms with van der Waals surface area (Å²) in [6, 6.07) is 0. The van der Waals surface area contributed by atoms with E-state index in [4.69, 9.17) is 16.2 Å². The van der Waals surface area contributed by atoms with E-state index in [0.29, 0.717) is 6.42 Å². The van der Waals surface area contributed by atoms with E-state index in [-0.39, 0.29) is 0 Å². The monoisotopic (exact) mass is 174 g/mol. The SMILES string of the molecule is CCCCCCC(=O)O.N=[N+]=N. The lowest BCUT2D eigenvalue weighted by Crippen LogP contribution is -1.92. The second-order valence-electron chi connectivity index (χ2n) is 2.32. The van der Waals surface area contributed by atoms with E-state index in [1.54, 1.807) is 0 Å². The maximum atomic E-state index is 9.96. The molecule has 0 fully saturated rings. The molecule has 0 aliphatic carbocycles. The summed E-state index contributed by atoms with van der Waals surface area (Å²) in [6.45, 7) is 2.11. The van der Waals surface area contributed by atoms with Gasteiger partial charge in [-0.1, -0.05) is 26.2 Å². The Morgan fingerprint density at radius 3 is 2.17 bits per heavy atom. The van der Waals surface area contributed by atoms with E-state index in [9.17, 15) is 4.79 Å². The van der Waals surface area contributed by atoms with E-state index in [2.05, 4.69) is 6.92 Å². The summed E-state index contributed by atoms with van der Waals surface area (Å²) in [6.07, 6.45) is 4.55. The van der Waals surface area contributed by atoms with Gasteiger partial charge in [0, 0.05) is 6.42 Å². The van der Waals surface area contributed by atoms with Gasteiger partial charge in [-0.3, -0.25) is 4.79 Å². The highest BCUT2D eigenvalue weighted by molar-refractivity contribution is 5.66. The first-order valence-electron chi connectivity index (χ1n) is 3.94. The highest BCUT2D eigenvalue weighted by Crippen LogP contribution is 2.01. The first-order chi connectivity index (χ1) is 5.68. The Morgan fingerprint density at radius 1 is 1.33 bits per heavy atom.